The van der Waals surface area contributed by atoms with E-state index in [-0.39, 0.29) is 52.9 Å². The second-order valence-electron chi connectivity index (χ2n) is 17.7. The molecule has 0 saturated carbocycles. The fraction of sp³-hybridized carbons (Fsp3) is 0.488. The van der Waals surface area contributed by atoms with E-state index in [1.54, 1.807) is 12.1 Å². The van der Waals surface area contributed by atoms with E-state index in [2.05, 4.69) is 72.7 Å². The van der Waals surface area contributed by atoms with E-state index in [9.17, 15) is 24.0 Å². The summed E-state index contributed by atoms with van der Waals surface area (Å²) in [5.74, 6) is -1.68. The van der Waals surface area contributed by atoms with E-state index in [0.717, 1.165) is 54.2 Å². The lowest BCUT2D eigenvalue weighted by molar-refractivity contribution is -0.136. The molecule has 3 aliphatic rings. The van der Waals surface area contributed by atoms with Crippen LogP contribution in [0.15, 0.2) is 48.8 Å². The molecule has 5 heterocycles. The van der Waals surface area contributed by atoms with Gasteiger partial charge in [-0.2, -0.15) is 5.10 Å². The number of rotatable bonds is 16. The molecule has 3 unspecified atom stereocenters. The van der Waals surface area contributed by atoms with Crippen LogP contribution < -0.4 is 31.9 Å². The Morgan fingerprint density at radius 3 is 2.37 bits per heavy atom. The van der Waals surface area contributed by atoms with Gasteiger partial charge in [0.2, 0.25) is 18.2 Å². The summed E-state index contributed by atoms with van der Waals surface area (Å²) in [6.07, 6.45) is 4.43. The molecule has 16 nitrogen and oxygen atoms in total. The molecule has 2 aromatic heterocycles. The largest absolute Gasteiger partial charge is 0.383 e. The highest BCUT2D eigenvalue weighted by atomic mass is 16.2. The highest BCUT2D eigenvalue weighted by Crippen LogP contribution is 2.38. The molecule has 3 atom stereocenters. The summed E-state index contributed by atoms with van der Waals surface area (Å²) in [7, 11) is 0. The van der Waals surface area contributed by atoms with E-state index < -0.39 is 29.7 Å². The molecule has 312 valence electrons. The van der Waals surface area contributed by atoms with E-state index in [4.69, 9.17) is 15.8 Å². The van der Waals surface area contributed by atoms with Crippen LogP contribution >= 0.6 is 0 Å². The van der Waals surface area contributed by atoms with Crippen molar-refractivity contribution < 1.29 is 24.0 Å². The Bertz CT molecular complexity index is 2260. The Morgan fingerprint density at radius 2 is 1.69 bits per heavy atom. The van der Waals surface area contributed by atoms with Crippen molar-refractivity contribution in [2.45, 2.75) is 97.9 Å². The number of nitrogens with one attached hydrogen (secondary N) is 4. The number of fused-ring (bicyclic) bond motifs is 2. The molecule has 0 spiro atoms. The van der Waals surface area contributed by atoms with Crippen LogP contribution in [0.25, 0.3) is 22.3 Å². The van der Waals surface area contributed by atoms with Gasteiger partial charge in [0.05, 0.1) is 22.6 Å². The molecule has 2 fully saturated rings. The molecular formula is C43H55N11O5. The number of anilines is 2. The topological polar surface area (TPSA) is 210 Å². The number of hydrogen-bond acceptors (Lipinski definition) is 12. The van der Waals surface area contributed by atoms with E-state index in [1.807, 2.05) is 35.0 Å². The lowest BCUT2D eigenvalue weighted by atomic mass is 9.79. The van der Waals surface area contributed by atoms with Crippen LogP contribution in [0.1, 0.15) is 99.5 Å². The van der Waals surface area contributed by atoms with Crippen molar-refractivity contribution in [2.75, 3.05) is 36.8 Å². The van der Waals surface area contributed by atoms with Crippen molar-refractivity contribution in [1.29, 1.82) is 0 Å². The number of carbonyl (C=O) groups excluding carboxylic acids is 5. The Labute approximate surface area is 344 Å². The van der Waals surface area contributed by atoms with Crippen LogP contribution in [0.2, 0.25) is 0 Å². The lowest BCUT2D eigenvalue weighted by Crippen LogP contribution is -2.61. The minimum absolute atomic E-state index is 0.0424. The molecule has 4 aromatic rings. The van der Waals surface area contributed by atoms with Gasteiger partial charge in [0.1, 0.15) is 23.9 Å². The van der Waals surface area contributed by atoms with E-state index in [1.165, 1.54) is 6.33 Å². The fourth-order valence-electron chi connectivity index (χ4n) is 8.57. The van der Waals surface area contributed by atoms with Gasteiger partial charge in [0.25, 0.3) is 11.8 Å². The van der Waals surface area contributed by atoms with Gasteiger partial charge < -0.3 is 26.6 Å². The average molecular weight is 806 g/mol. The summed E-state index contributed by atoms with van der Waals surface area (Å²) in [6, 6.07) is 12.3. The van der Waals surface area contributed by atoms with Gasteiger partial charge in [-0.1, -0.05) is 72.2 Å². The number of nitrogens with zero attached hydrogens (tertiary/aromatic N) is 6. The van der Waals surface area contributed by atoms with Gasteiger partial charge in [-0.15, -0.1) is 0 Å². The van der Waals surface area contributed by atoms with Gasteiger partial charge in [-0.05, 0) is 47.4 Å². The number of piperidine rings is 1. The van der Waals surface area contributed by atoms with Crippen LogP contribution in [-0.2, 0) is 20.9 Å². The molecule has 3 aliphatic heterocycles. The van der Waals surface area contributed by atoms with Gasteiger partial charge in [0.15, 0.2) is 5.65 Å². The fourth-order valence-corrected chi connectivity index (χ4v) is 8.57. The number of nitrogen functional groups attached to an aromatic ring is 1. The predicted octanol–water partition coefficient (Wildman–Crippen LogP) is 3.57. The zero-order valence-electron chi connectivity index (χ0n) is 34.7. The number of imide groups is 2. The predicted molar refractivity (Wildman–Crippen MR) is 224 cm³/mol. The van der Waals surface area contributed by atoms with Crippen LogP contribution in [-0.4, -0.2) is 99.0 Å². The molecule has 2 aromatic carbocycles. The van der Waals surface area contributed by atoms with Crippen molar-refractivity contribution in [1.82, 2.24) is 45.9 Å². The number of benzene rings is 2. The highest BCUT2D eigenvalue weighted by molar-refractivity contribution is 6.23. The third-order valence-electron chi connectivity index (χ3n) is 12.1. The minimum Gasteiger partial charge on any atom is -0.383 e. The maximum atomic E-state index is 13.4. The Kier molecular flexibility index (Phi) is 11.6. The summed E-state index contributed by atoms with van der Waals surface area (Å²) in [5.41, 5.74) is 10.8. The molecule has 0 aliphatic carbocycles. The second-order valence-corrected chi connectivity index (χ2v) is 17.7. The number of hydrogen-bond donors (Lipinski definition) is 5. The zero-order valence-corrected chi connectivity index (χ0v) is 34.7. The van der Waals surface area contributed by atoms with Crippen LogP contribution in [0, 0.1) is 10.8 Å². The first-order valence-electron chi connectivity index (χ1n) is 20.4. The minimum atomic E-state index is -0.996. The Hall–Kier alpha value is -5.74. The average Bonchev–Trinajstić information content (AvgIpc) is 3.67. The molecule has 16 heteroatoms. The maximum absolute atomic E-state index is 13.4. The monoisotopic (exact) mass is 805 g/mol. The molecule has 7 rings (SSSR count). The molecule has 2 saturated heterocycles. The summed E-state index contributed by atoms with van der Waals surface area (Å²) in [4.78, 5) is 73.9. The van der Waals surface area contributed by atoms with Crippen molar-refractivity contribution in [3.8, 4) is 11.3 Å². The number of aromatic nitrogens is 4. The van der Waals surface area contributed by atoms with Gasteiger partial charge in [0, 0.05) is 62.5 Å². The third kappa shape index (κ3) is 8.28. The van der Waals surface area contributed by atoms with Crippen molar-refractivity contribution in [2.24, 2.45) is 10.8 Å². The number of amides is 5. The van der Waals surface area contributed by atoms with Gasteiger partial charge in [-0.25, -0.2) is 14.6 Å². The zero-order chi connectivity index (χ0) is 42.2. The lowest BCUT2D eigenvalue weighted by Gasteiger charge is -2.44. The van der Waals surface area contributed by atoms with Gasteiger partial charge in [-0.3, -0.25) is 34.2 Å². The Morgan fingerprint density at radius 1 is 0.966 bits per heavy atom. The molecule has 0 radical (unpaired) electrons. The molecular weight excluding hydrogens is 751 g/mol. The first-order valence-corrected chi connectivity index (χ1v) is 20.4. The third-order valence-corrected chi connectivity index (χ3v) is 12.1. The molecule has 5 amide bonds. The van der Waals surface area contributed by atoms with Crippen molar-refractivity contribution >= 4 is 52.6 Å². The summed E-state index contributed by atoms with van der Waals surface area (Å²) in [6.45, 7) is 16.7. The molecule has 0 bridgehead atoms. The molecule has 6 N–H and O–H groups in total. The van der Waals surface area contributed by atoms with Crippen molar-refractivity contribution in [3.63, 3.8) is 0 Å². The summed E-state index contributed by atoms with van der Waals surface area (Å²) < 4.78 is 2.00. The summed E-state index contributed by atoms with van der Waals surface area (Å²) in [5, 5.41) is 18.6. The van der Waals surface area contributed by atoms with Crippen LogP contribution in [0.3, 0.4) is 0 Å². The van der Waals surface area contributed by atoms with E-state index >= 15 is 0 Å². The van der Waals surface area contributed by atoms with Crippen LogP contribution in [0.5, 0.6) is 0 Å². The standard InChI is InChI=1S/C43H55N11O5/c1-7-16-43(5,6)32(19-46-27-21-52(22-27)28-12-13-29-30(17-28)41(59)53(40(29)58)31-14-15-34(56)50-39(31)57)47-20-33(42(2,3)4)54-38-35(37(44)48-23-49-38)36(51-54)26-10-8-25(9-11-26)18-45-24-55/h8-13,17,23-24,27,31-33,46-47H,7,14-16,18-22H2,1-6H3,(H,45,55)(H2,44,48,49)(H,50,56,57). The van der Waals surface area contributed by atoms with Crippen molar-refractivity contribution in [3.05, 3.63) is 65.5 Å². The van der Waals surface area contributed by atoms with E-state index in [0.29, 0.717) is 42.0 Å². The molecule has 59 heavy (non-hydrogen) atoms. The number of nitrogens with two attached hydrogens (primary N) is 1. The number of carbonyl (C=O) groups is 5. The quantitative estimate of drug-likeness (QED) is 0.0814. The maximum Gasteiger partial charge on any atom is 0.262 e. The summed E-state index contributed by atoms with van der Waals surface area (Å²) >= 11 is 0. The second kappa shape index (κ2) is 16.5. The normalized spacial score (nSPS) is 18.5. The van der Waals surface area contributed by atoms with Gasteiger partial charge >= 0.3 is 0 Å². The first kappa shape index (κ1) is 41.4. The first-order chi connectivity index (χ1) is 28.1. The smallest absolute Gasteiger partial charge is 0.262 e. The van der Waals surface area contributed by atoms with Crippen LogP contribution in [0.4, 0.5) is 11.5 Å². The highest BCUT2D eigenvalue weighted by Gasteiger charge is 2.45. The SMILES string of the molecule is CCCC(C)(C)C(CNC1CN(c2ccc3c(c2)C(=O)N(C2CCC(=O)NC2=O)C3=O)C1)NCC(n1nc(-c2ccc(CNC=O)cc2)c2c(N)ncnc21)C(C)(C)C. The Balaban J connectivity index is 1.04.